The maximum absolute atomic E-state index is 12.6. The molecule has 1 N–H and O–H groups in total. The molecular formula is C15H25NO7. The highest BCUT2D eigenvalue weighted by Crippen LogP contribution is 2.38. The molecule has 0 aromatic carbocycles. The van der Waals surface area contributed by atoms with E-state index in [-0.39, 0.29) is 33.0 Å². The van der Waals surface area contributed by atoms with Crippen molar-refractivity contribution in [3.05, 3.63) is 0 Å². The first-order valence-electron chi connectivity index (χ1n) is 7.86. The number of ether oxygens (including phenoxy) is 4. The minimum atomic E-state index is -1.91. The fraction of sp³-hybridized carbons (Fsp3) is 0.800. The first-order valence-corrected chi connectivity index (χ1v) is 7.86. The topological polar surface area (TPSA) is 100 Å². The van der Waals surface area contributed by atoms with Gasteiger partial charge in [0.25, 0.3) is 0 Å². The second kappa shape index (κ2) is 8.83. The predicted octanol–water partition coefficient (Wildman–Crippen LogP) is 0.0390. The van der Waals surface area contributed by atoms with Crippen molar-refractivity contribution in [1.82, 2.24) is 5.32 Å². The normalized spacial score (nSPS) is 22.4. The Morgan fingerprint density at radius 2 is 1.43 bits per heavy atom. The molecule has 1 aliphatic rings. The van der Waals surface area contributed by atoms with Crippen molar-refractivity contribution < 1.29 is 33.3 Å². The lowest BCUT2D eigenvalue weighted by Crippen LogP contribution is -2.59. The SMILES string of the molecule is CCOC(=O)[C@H]1NC[C@H](OCC)C1(C(=O)OCC)C(=O)OCC. The number of nitrogens with one attached hydrogen (secondary N) is 1. The molecule has 1 rings (SSSR count). The zero-order valence-corrected chi connectivity index (χ0v) is 14.0. The molecule has 1 aliphatic heterocycles. The standard InChI is InChI=1S/C15H25NO7/c1-5-20-10-9-16-11(12(17)21-6-2)15(10,13(18)22-7-3)14(19)23-8-4/h10-11,16H,5-9H2,1-4H3/t10-,11+/m0/s1. The summed E-state index contributed by atoms with van der Waals surface area (Å²) in [5, 5.41) is 2.84. The van der Waals surface area contributed by atoms with E-state index in [1.165, 1.54) is 0 Å². The molecule has 132 valence electrons. The summed E-state index contributed by atoms with van der Waals surface area (Å²) in [6.07, 6.45) is -0.875. The Morgan fingerprint density at radius 3 is 1.87 bits per heavy atom. The average molecular weight is 331 g/mol. The fourth-order valence-electron chi connectivity index (χ4n) is 2.70. The largest absolute Gasteiger partial charge is 0.465 e. The highest BCUT2D eigenvalue weighted by atomic mass is 16.6. The molecule has 0 aromatic rings. The summed E-state index contributed by atoms with van der Waals surface area (Å²) in [6, 6.07) is -1.21. The molecule has 2 atom stereocenters. The number of carbonyl (C=O) groups excluding carboxylic acids is 3. The van der Waals surface area contributed by atoms with Gasteiger partial charge in [0.2, 0.25) is 5.41 Å². The fourth-order valence-corrected chi connectivity index (χ4v) is 2.70. The van der Waals surface area contributed by atoms with E-state index in [9.17, 15) is 14.4 Å². The molecule has 0 saturated carbocycles. The van der Waals surface area contributed by atoms with Crippen LogP contribution in [0.1, 0.15) is 27.7 Å². The average Bonchev–Trinajstić information content (AvgIpc) is 2.88. The molecule has 0 unspecified atom stereocenters. The van der Waals surface area contributed by atoms with Crippen molar-refractivity contribution in [2.24, 2.45) is 5.41 Å². The number of hydrogen-bond donors (Lipinski definition) is 1. The molecule has 0 aliphatic carbocycles. The summed E-state index contributed by atoms with van der Waals surface area (Å²) in [5.74, 6) is -2.41. The lowest BCUT2D eigenvalue weighted by molar-refractivity contribution is -0.186. The number of hydrogen-bond acceptors (Lipinski definition) is 8. The van der Waals surface area contributed by atoms with Gasteiger partial charge in [-0.25, -0.2) is 0 Å². The van der Waals surface area contributed by atoms with Gasteiger partial charge in [-0.3, -0.25) is 14.4 Å². The van der Waals surface area contributed by atoms with Gasteiger partial charge in [-0.15, -0.1) is 0 Å². The quantitative estimate of drug-likeness (QED) is 0.378. The van der Waals surface area contributed by atoms with Crippen molar-refractivity contribution >= 4 is 17.9 Å². The van der Waals surface area contributed by atoms with E-state index in [2.05, 4.69) is 5.32 Å². The third kappa shape index (κ3) is 3.64. The highest BCUT2D eigenvalue weighted by Gasteiger charge is 2.67. The third-order valence-electron chi connectivity index (χ3n) is 3.59. The van der Waals surface area contributed by atoms with Gasteiger partial charge >= 0.3 is 17.9 Å². The van der Waals surface area contributed by atoms with Gasteiger partial charge in [-0.05, 0) is 27.7 Å². The van der Waals surface area contributed by atoms with Crippen molar-refractivity contribution in [3.8, 4) is 0 Å². The van der Waals surface area contributed by atoms with E-state index in [1.54, 1.807) is 27.7 Å². The van der Waals surface area contributed by atoms with Gasteiger partial charge in [-0.1, -0.05) is 0 Å². The third-order valence-corrected chi connectivity index (χ3v) is 3.59. The van der Waals surface area contributed by atoms with Crippen molar-refractivity contribution in [2.45, 2.75) is 39.8 Å². The summed E-state index contributed by atoms with van der Waals surface area (Å²) in [4.78, 5) is 37.5. The molecule has 8 heteroatoms. The maximum Gasteiger partial charge on any atom is 0.328 e. The Kier molecular flexibility index (Phi) is 7.44. The monoisotopic (exact) mass is 331 g/mol. The first kappa shape index (κ1) is 19.4. The van der Waals surface area contributed by atoms with Crippen LogP contribution in [0.5, 0.6) is 0 Å². The van der Waals surface area contributed by atoms with Gasteiger partial charge in [0, 0.05) is 13.2 Å². The van der Waals surface area contributed by atoms with Gasteiger partial charge in [-0.2, -0.15) is 0 Å². The van der Waals surface area contributed by atoms with Crippen LogP contribution in [0.3, 0.4) is 0 Å². The Hall–Kier alpha value is -1.67. The Bertz CT molecular complexity index is 420. The van der Waals surface area contributed by atoms with Crippen LogP contribution in [0.4, 0.5) is 0 Å². The summed E-state index contributed by atoms with van der Waals surface area (Å²) >= 11 is 0. The highest BCUT2D eigenvalue weighted by molar-refractivity contribution is 6.07. The minimum absolute atomic E-state index is 0.0639. The maximum atomic E-state index is 12.6. The molecular weight excluding hydrogens is 306 g/mol. The molecule has 1 saturated heterocycles. The zero-order chi connectivity index (χ0) is 17.5. The van der Waals surface area contributed by atoms with Gasteiger partial charge < -0.3 is 24.3 Å². The van der Waals surface area contributed by atoms with Crippen LogP contribution < -0.4 is 5.32 Å². The Labute approximate surface area is 135 Å². The van der Waals surface area contributed by atoms with Crippen molar-refractivity contribution in [2.75, 3.05) is 33.0 Å². The Morgan fingerprint density at radius 1 is 0.913 bits per heavy atom. The smallest absolute Gasteiger partial charge is 0.328 e. The number of carbonyl (C=O) groups is 3. The van der Waals surface area contributed by atoms with Crippen LogP contribution in [0.25, 0.3) is 0 Å². The molecule has 0 aromatic heterocycles. The van der Waals surface area contributed by atoms with Gasteiger partial charge in [0.05, 0.1) is 25.9 Å². The van der Waals surface area contributed by atoms with Crippen molar-refractivity contribution in [3.63, 3.8) is 0 Å². The predicted molar refractivity (Wildman–Crippen MR) is 79.5 cm³/mol. The molecule has 23 heavy (non-hydrogen) atoms. The summed E-state index contributed by atoms with van der Waals surface area (Å²) in [7, 11) is 0. The summed E-state index contributed by atoms with van der Waals surface area (Å²) in [6.45, 7) is 7.27. The summed E-state index contributed by atoms with van der Waals surface area (Å²) < 4.78 is 20.7. The van der Waals surface area contributed by atoms with Gasteiger partial charge in [0.1, 0.15) is 6.04 Å². The van der Waals surface area contributed by atoms with E-state index in [0.717, 1.165) is 0 Å². The molecule has 0 bridgehead atoms. The van der Waals surface area contributed by atoms with E-state index < -0.39 is 35.5 Å². The van der Waals surface area contributed by atoms with E-state index >= 15 is 0 Å². The molecule has 1 heterocycles. The first-order chi connectivity index (χ1) is 11.0. The van der Waals surface area contributed by atoms with Crippen LogP contribution in [0, 0.1) is 5.41 Å². The van der Waals surface area contributed by atoms with Crippen LogP contribution in [0.2, 0.25) is 0 Å². The van der Waals surface area contributed by atoms with Crippen LogP contribution in [0.15, 0.2) is 0 Å². The zero-order valence-electron chi connectivity index (χ0n) is 14.0. The van der Waals surface area contributed by atoms with Crippen LogP contribution in [-0.2, 0) is 33.3 Å². The summed E-state index contributed by atoms with van der Waals surface area (Å²) in [5.41, 5.74) is -1.91. The molecule has 0 amide bonds. The van der Waals surface area contributed by atoms with Crippen LogP contribution in [-0.4, -0.2) is 63.0 Å². The molecule has 8 nitrogen and oxygen atoms in total. The van der Waals surface area contributed by atoms with E-state index in [4.69, 9.17) is 18.9 Å². The Balaban J connectivity index is 3.34. The van der Waals surface area contributed by atoms with Crippen LogP contribution >= 0.6 is 0 Å². The lowest BCUT2D eigenvalue weighted by atomic mass is 9.78. The molecule has 0 spiro atoms. The minimum Gasteiger partial charge on any atom is -0.465 e. The van der Waals surface area contributed by atoms with E-state index in [0.29, 0.717) is 0 Å². The van der Waals surface area contributed by atoms with E-state index in [1.807, 2.05) is 0 Å². The van der Waals surface area contributed by atoms with Gasteiger partial charge in [0.15, 0.2) is 0 Å². The second-order valence-corrected chi connectivity index (χ2v) is 4.85. The molecule has 1 fully saturated rings. The number of rotatable bonds is 8. The molecule has 0 radical (unpaired) electrons. The second-order valence-electron chi connectivity index (χ2n) is 4.85. The lowest BCUT2D eigenvalue weighted by Gasteiger charge is -2.33. The van der Waals surface area contributed by atoms with Crippen molar-refractivity contribution in [1.29, 1.82) is 0 Å². The number of esters is 3.